The Hall–Kier alpha value is -2.77. The number of nitrogens with one attached hydrogen (secondary N) is 2. The van der Waals surface area contributed by atoms with E-state index in [4.69, 9.17) is 0 Å². The van der Waals surface area contributed by atoms with E-state index in [1.807, 2.05) is 19.1 Å². The van der Waals surface area contributed by atoms with Gasteiger partial charge in [0.25, 0.3) is 5.91 Å². The van der Waals surface area contributed by atoms with Gasteiger partial charge in [0.2, 0.25) is 5.82 Å². The maximum atomic E-state index is 14.1. The van der Waals surface area contributed by atoms with Crippen molar-refractivity contribution < 1.29 is 9.18 Å². The zero-order valence-electron chi connectivity index (χ0n) is 16.1. The highest BCUT2D eigenvalue weighted by Gasteiger charge is 2.22. The third kappa shape index (κ3) is 4.31. The SMILES string of the molecule is CCc1nc(C(=O)NCC2NCCc3ccccc32)nn1-c1ccccc1F.Cl. The van der Waals surface area contributed by atoms with Crippen molar-refractivity contribution >= 4 is 18.3 Å². The van der Waals surface area contributed by atoms with E-state index in [9.17, 15) is 9.18 Å². The number of carbonyl (C=O) groups is 1. The average molecular weight is 416 g/mol. The van der Waals surface area contributed by atoms with E-state index in [-0.39, 0.29) is 35.9 Å². The summed E-state index contributed by atoms with van der Waals surface area (Å²) in [5.41, 5.74) is 2.79. The zero-order valence-corrected chi connectivity index (χ0v) is 16.9. The van der Waals surface area contributed by atoms with Crippen LogP contribution in [0.3, 0.4) is 0 Å². The maximum Gasteiger partial charge on any atom is 0.291 e. The van der Waals surface area contributed by atoms with E-state index in [0.29, 0.717) is 18.8 Å². The molecule has 0 radical (unpaired) electrons. The van der Waals surface area contributed by atoms with Crippen molar-refractivity contribution in [2.45, 2.75) is 25.8 Å². The second-order valence-electron chi connectivity index (χ2n) is 6.73. The number of hydrogen-bond acceptors (Lipinski definition) is 4. The molecule has 4 rings (SSSR count). The second kappa shape index (κ2) is 9.15. The van der Waals surface area contributed by atoms with Crippen molar-refractivity contribution in [2.24, 2.45) is 0 Å². The van der Waals surface area contributed by atoms with Gasteiger partial charge in [0, 0.05) is 19.0 Å². The van der Waals surface area contributed by atoms with Crippen molar-refractivity contribution in [2.75, 3.05) is 13.1 Å². The van der Waals surface area contributed by atoms with E-state index < -0.39 is 5.82 Å². The molecule has 0 bridgehead atoms. The summed E-state index contributed by atoms with van der Waals surface area (Å²) in [6, 6.07) is 14.6. The van der Waals surface area contributed by atoms with Crippen LogP contribution in [0.25, 0.3) is 5.69 Å². The van der Waals surface area contributed by atoms with Crippen LogP contribution in [0, 0.1) is 5.82 Å². The number of halogens is 2. The molecule has 8 heteroatoms. The molecule has 152 valence electrons. The Morgan fingerprint density at radius 2 is 2.00 bits per heavy atom. The van der Waals surface area contributed by atoms with Gasteiger partial charge in [0.1, 0.15) is 17.3 Å². The van der Waals surface area contributed by atoms with Crippen LogP contribution in [0.5, 0.6) is 0 Å². The molecule has 3 aromatic rings. The molecule has 0 spiro atoms. The van der Waals surface area contributed by atoms with Crippen molar-refractivity contribution in [3.63, 3.8) is 0 Å². The highest BCUT2D eigenvalue weighted by molar-refractivity contribution is 5.90. The van der Waals surface area contributed by atoms with Gasteiger partial charge < -0.3 is 10.6 Å². The van der Waals surface area contributed by atoms with E-state index >= 15 is 0 Å². The van der Waals surface area contributed by atoms with Gasteiger partial charge in [-0.1, -0.05) is 43.3 Å². The maximum absolute atomic E-state index is 14.1. The van der Waals surface area contributed by atoms with Crippen LogP contribution < -0.4 is 10.6 Å². The first-order valence-electron chi connectivity index (χ1n) is 9.47. The highest BCUT2D eigenvalue weighted by Crippen LogP contribution is 2.22. The standard InChI is InChI=1S/C21H22FN5O.ClH/c1-2-19-25-20(26-27(19)18-10-6-5-9-16(18)22)21(28)24-13-17-15-8-4-3-7-14(15)11-12-23-17;/h3-10,17,23H,2,11-13H2,1H3,(H,24,28);1H. The molecule has 1 amide bonds. The molecule has 1 atom stereocenters. The molecule has 0 saturated carbocycles. The van der Waals surface area contributed by atoms with Crippen LogP contribution >= 0.6 is 12.4 Å². The molecular weight excluding hydrogens is 393 g/mol. The topological polar surface area (TPSA) is 71.8 Å². The summed E-state index contributed by atoms with van der Waals surface area (Å²) < 4.78 is 15.5. The van der Waals surface area contributed by atoms with Gasteiger partial charge in [-0.25, -0.2) is 14.1 Å². The third-order valence-electron chi connectivity index (χ3n) is 4.96. The van der Waals surface area contributed by atoms with Crippen LogP contribution in [0.4, 0.5) is 4.39 Å². The van der Waals surface area contributed by atoms with Gasteiger partial charge in [-0.15, -0.1) is 17.5 Å². The van der Waals surface area contributed by atoms with Crippen molar-refractivity contribution in [1.82, 2.24) is 25.4 Å². The minimum Gasteiger partial charge on any atom is -0.347 e. The number of nitrogens with zero attached hydrogens (tertiary/aromatic N) is 3. The fourth-order valence-electron chi connectivity index (χ4n) is 3.53. The van der Waals surface area contributed by atoms with Crippen molar-refractivity contribution in [3.8, 4) is 5.69 Å². The Morgan fingerprint density at radius 3 is 2.79 bits per heavy atom. The number of aryl methyl sites for hydroxylation is 1. The Kier molecular flexibility index (Phi) is 6.61. The monoisotopic (exact) mass is 415 g/mol. The fourth-order valence-corrected chi connectivity index (χ4v) is 3.53. The Morgan fingerprint density at radius 1 is 1.24 bits per heavy atom. The number of carbonyl (C=O) groups excluding carboxylic acids is 1. The quantitative estimate of drug-likeness (QED) is 0.672. The molecule has 0 saturated heterocycles. The van der Waals surface area contributed by atoms with Gasteiger partial charge in [-0.2, -0.15) is 0 Å². The first-order valence-corrected chi connectivity index (χ1v) is 9.47. The van der Waals surface area contributed by atoms with Crippen molar-refractivity contribution in [3.05, 3.63) is 77.1 Å². The largest absolute Gasteiger partial charge is 0.347 e. The average Bonchev–Trinajstić information content (AvgIpc) is 3.16. The van der Waals surface area contributed by atoms with Gasteiger partial charge in [0.05, 0.1) is 0 Å². The Balaban J connectivity index is 0.00000240. The van der Waals surface area contributed by atoms with Crippen LogP contribution in [-0.4, -0.2) is 33.8 Å². The Labute approximate surface area is 175 Å². The summed E-state index contributed by atoms with van der Waals surface area (Å²) >= 11 is 0. The van der Waals surface area contributed by atoms with Crippen LogP contribution in [-0.2, 0) is 12.8 Å². The number of hydrogen-bond donors (Lipinski definition) is 2. The molecule has 2 heterocycles. The molecular formula is C21H23ClFN5O. The highest BCUT2D eigenvalue weighted by atomic mass is 35.5. The lowest BCUT2D eigenvalue weighted by atomic mass is 9.94. The Bertz CT molecular complexity index is 1010. The van der Waals surface area contributed by atoms with E-state index in [1.165, 1.54) is 21.9 Å². The van der Waals surface area contributed by atoms with E-state index in [0.717, 1.165) is 13.0 Å². The smallest absolute Gasteiger partial charge is 0.291 e. The number of rotatable bonds is 5. The van der Waals surface area contributed by atoms with Gasteiger partial charge >= 0.3 is 0 Å². The van der Waals surface area contributed by atoms with Crippen LogP contribution in [0.15, 0.2) is 48.5 Å². The number of para-hydroxylation sites is 1. The number of aromatic nitrogens is 3. The minimum atomic E-state index is -0.405. The summed E-state index contributed by atoms with van der Waals surface area (Å²) in [4.78, 5) is 16.9. The minimum absolute atomic E-state index is 0. The van der Waals surface area contributed by atoms with E-state index in [1.54, 1.807) is 18.2 Å². The molecule has 1 aliphatic heterocycles. The molecule has 2 N–H and O–H groups in total. The summed E-state index contributed by atoms with van der Waals surface area (Å²) in [5.74, 6) is -0.188. The van der Waals surface area contributed by atoms with Crippen molar-refractivity contribution in [1.29, 1.82) is 0 Å². The zero-order chi connectivity index (χ0) is 19.5. The molecule has 1 unspecified atom stereocenters. The third-order valence-corrected chi connectivity index (χ3v) is 4.96. The molecule has 1 aliphatic rings. The lowest BCUT2D eigenvalue weighted by molar-refractivity contribution is 0.0938. The summed E-state index contributed by atoms with van der Waals surface area (Å²) in [7, 11) is 0. The summed E-state index contributed by atoms with van der Waals surface area (Å²) in [5, 5.41) is 10.6. The summed E-state index contributed by atoms with van der Waals surface area (Å²) in [6.07, 6.45) is 1.52. The molecule has 1 aromatic heterocycles. The predicted octanol–water partition coefficient (Wildman–Crippen LogP) is 3.01. The van der Waals surface area contributed by atoms with E-state index in [2.05, 4.69) is 32.8 Å². The van der Waals surface area contributed by atoms with Gasteiger partial charge in [-0.3, -0.25) is 4.79 Å². The fraction of sp³-hybridized carbons (Fsp3) is 0.286. The molecule has 29 heavy (non-hydrogen) atoms. The predicted molar refractivity (Wildman–Crippen MR) is 111 cm³/mol. The second-order valence-corrected chi connectivity index (χ2v) is 6.73. The molecule has 0 aliphatic carbocycles. The number of fused-ring (bicyclic) bond motifs is 1. The summed E-state index contributed by atoms with van der Waals surface area (Å²) in [6.45, 7) is 3.20. The van der Waals surface area contributed by atoms with Gasteiger partial charge in [-0.05, 0) is 36.2 Å². The first-order chi connectivity index (χ1) is 13.7. The molecule has 6 nitrogen and oxygen atoms in total. The lowest BCUT2D eigenvalue weighted by Crippen LogP contribution is -2.39. The van der Waals surface area contributed by atoms with Crippen LogP contribution in [0.2, 0.25) is 0 Å². The number of amides is 1. The first kappa shape index (κ1) is 21.0. The molecule has 0 fully saturated rings. The lowest BCUT2D eigenvalue weighted by Gasteiger charge is -2.26. The van der Waals surface area contributed by atoms with Crippen LogP contribution in [0.1, 0.15) is 40.5 Å². The normalized spacial score (nSPS) is 15.3. The molecule has 2 aromatic carbocycles. The number of benzene rings is 2. The van der Waals surface area contributed by atoms with Gasteiger partial charge in [0.15, 0.2) is 0 Å².